The van der Waals surface area contributed by atoms with Crippen molar-refractivity contribution in [3.05, 3.63) is 93.5 Å². The van der Waals surface area contributed by atoms with Gasteiger partial charge in [0.2, 0.25) is 5.95 Å². The molecule has 0 aliphatic carbocycles. The second kappa shape index (κ2) is 13.7. The lowest BCUT2D eigenvalue weighted by Gasteiger charge is -2.17. The molecule has 10 nitrogen and oxygen atoms in total. The molecule has 0 bridgehead atoms. The fraction of sp³-hybridized carbons (Fsp3) is 0.233. The number of methoxy groups -OCH3 is 2. The Morgan fingerprint density at radius 1 is 1.14 bits per heavy atom. The van der Waals surface area contributed by atoms with Gasteiger partial charge in [-0.1, -0.05) is 48.5 Å². The minimum absolute atomic E-state index is 0.0256. The standard InChI is InChI=1S/C30H31Cl2N5O5/c1-5-17(2)35-20-8-6-18(7-9-20)10-11-37-28-19(14-33-30(36-28)34-15-21(39)16-38)12-22(29(37)40)25-26(31)23(41-3)13-24(42-4)27(25)32/h5-9,12-14,21,35,38-39H,1-2,10-11,15-16H2,3-4H3,(H,33,34,36). The van der Waals surface area contributed by atoms with E-state index in [9.17, 15) is 9.90 Å². The molecule has 4 aromatic rings. The van der Waals surface area contributed by atoms with Gasteiger partial charge < -0.3 is 30.3 Å². The highest BCUT2D eigenvalue weighted by molar-refractivity contribution is 6.41. The average Bonchev–Trinajstić information content (AvgIpc) is 3.00. The van der Waals surface area contributed by atoms with Crippen molar-refractivity contribution in [2.75, 3.05) is 38.0 Å². The van der Waals surface area contributed by atoms with Crippen molar-refractivity contribution in [1.82, 2.24) is 14.5 Å². The number of hydrogen-bond donors (Lipinski definition) is 4. The smallest absolute Gasteiger partial charge is 0.260 e. The molecule has 0 saturated carbocycles. The highest BCUT2D eigenvalue weighted by atomic mass is 35.5. The van der Waals surface area contributed by atoms with Gasteiger partial charge in [-0.15, -0.1) is 0 Å². The van der Waals surface area contributed by atoms with Crippen molar-refractivity contribution in [1.29, 1.82) is 0 Å². The third kappa shape index (κ3) is 6.69. The van der Waals surface area contributed by atoms with Crippen LogP contribution in [0.15, 0.2) is 72.3 Å². The number of aliphatic hydroxyl groups excluding tert-OH is 2. The molecule has 2 aromatic heterocycles. The van der Waals surface area contributed by atoms with Crippen LogP contribution in [0, 0.1) is 0 Å². The number of aliphatic hydroxyl groups is 2. The van der Waals surface area contributed by atoms with E-state index < -0.39 is 12.7 Å². The molecule has 220 valence electrons. The van der Waals surface area contributed by atoms with Gasteiger partial charge in [-0.25, -0.2) is 4.98 Å². The molecule has 1 atom stereocenters. The maximum atomic E-state index is 14.1. The minimum atomic E-state index is -0.998. The van der Waals surface area contributed by atoms with Crippen LogP contribution in [-0.2, 0) is 13.0 Å². The first-order valence-corrected chi connectivity index (χ1v) is 13.7. The van der Waals surface area contributed by atoms with Crippen LogP contribution >= 0.6 is 23.2 Å². The van der Waals surface area contributed by atoms with E-state index in [0.29, 0.717) is 34.7 Å². The lowest BCUT2D eigenvalue weighted by atomic mass is 10.0. The number of benzene rings is 2. The van der Waals surface area contributed by atoms with Crippen molar-refractivity contribution < 1.29 is 19.7 Å². The van der Waals surface area contributed by atoms with E-state index in [0.717, 1.165) is 11.3 Å². The van der Waals surface area contributed by atoms with Crippen molar-refractivity contribution in [2.45, 2.75) is 19.1 Å². The molecule has 2 aromatic carbocycles. The van der Waals surface area contributed by atoms with Crippen LogP contribution in [0.2, 0.25) is 10.0 Å². The average molecular weight is 613 g/mol. The maximum Gasteiger partial charge on any atom is 0.260 e. The molecule has 0 aliphatic heterocycles. The molecule has 12 heteroatoms. The Hall–Kier alpha value is -4.09. The van der Waals surface area contributed by atoms with Crippen LogP contribution in [0.1, 0.15) is 5.56 Å². The fourth-order valence-corrected chi connectivity index (χ4v) is 4.96. The Bertz CT molecular complexity index is 1650. The van der Waals surface area contributed by atoms with Crippen molar-refractivity contribution >= 4 is 45.9 Å². The predicted molar refractivity (Wildman–Crippen MR) is 167 cm³/mol. The number of halogens is 2. The minimum Gasteiger partial charge on any atom is -0.495 e. The molecule has 0 spiro atoms. The molecule has 1 unspecified atom stereocenters. The second-order valence-corrected chi connectivity index (χ2v) is 10.0. The summed E-state index contributed by atoms with van der Waals surface area (Å²) in [5.74, 6) is 0.781. The second-order valence-electron chi connectivity index (χ2n) is 9.29. The normalized spacial score (nSPS) is 11.7. The molecule has 42 heavy (non-hydrogen) atoms. The largest absolute Gasteiger partial charge is 0.495 e. The third-order valence-electron chi connectivity index (χ3n) is 6.51. The van der Waals surface area contributed by atoms with Gasteiger partial charge in [-0.05, 0) is 36.3 Å². The third-order valence-corrected chi connectivity index (χ3v) is 7.26. The first-order chi connectivity index (χ1) is 20.2. The molecular formula is C30H31Cl2N5O5. The van der Waals surface area contributed by atoms with Gasteiger partial charge in [-0.3, -0.25) is 9.36 Å². The van der Waals surface area contributed by atoms with Crippen LogP contribution in [0.25, 0.3) is 22.2 Å². The number of anilines is 2. The summed E-state index contributed by atoms with van der Waals surface area (Å²) >= 11 is 13.4. The van der Waals surface area contributed by atoms with Gasteiger partial charge in [0.25, 0.3) is 5.56 Å². The number of fused-ring (bicyclic) bond motifs is 1. The van der Waals surface area contributed by atoms with E-state index in [1.54, 1.807) is 24.4 Å². The SMILES string of the molecule is C=CC(=C)Nc1ccc(CCn2c(=O)c(-c3c(Cl)c(OC)cc(OC)c3Cl)cc3cnc(NCC(O)CO)nc32)cc1. The number of nitrogens with zero attached hydrogens (tertiary/aromatic N) is 3. The Balaban J connectivity index is 1.82. The summed E-state index contributed by atoms with van der Waals surface area (Å²) in [6, 6.07) is 10.9. The summed E-state index contributed by atoms with van der Waals surface area (Å²) < 4.78 is 12.4. The summed E-state index contributed by atoms with van der Waals surface area (Å²) in [6.07, 6.45) is 2.69. The Morgan fingerprint density at radius 3 is 2.40 bits per heavy atom. The van der Waals surface area contributed by atoms with Gasteiger partial charge >= 0.3 is 0 Å². The zero-order chi connectivity index (χ0) is 30.4. The molecule has 2 heterocycles. The molecule has 0 amide bonds. The van der Waals surface area contributed by atoms with E-state index in [4.69, 9.17) is 37.8 Å². The lowest BCUT2D eigenvalue weighted by Crippen LogP contribution is -2.26. The molecular weight excluding hydrogens is 581 g/mol. The number of pyridine rings is 1. The monoisotopic (exact) mass is 611 g/mol. The topological polar surface area (TPSA) is 131 Å². The van der Waals surface area contributed by atoms with Gasteiger partial charge in [0, 0.05) is 47.7 Å². The first kappa shape index (κ1) is 30.9. The van der Waals surface area contributed by atoms with E-state index in [2.05, 4.69) is 33.8 Å². The molecule has 0 radical (unpaired) electrons. The van der Waals surface area contributed by atoms with Crippen molar-refractivity contribution in [2.24, 2.45) is 0 Å². The van der Waals surface area contributed by atoms with E-state index in [1.807, 2.05) is 24.3 Å². The molecule has 0 aliphatic rings. The number of allylic oxidation sites excluding steroid dienone is 1. The quantitative estimate of drug-likeness (QED) is 0.156. The molecule has 4 N–H and O–H groups in total. The van der Waals surface area contributed by atoms with E-state index in [-0.39, 0.29) is 45.8 Å². The van der Waals surface area contributed by atoms with Gasteiger partial charge in [0.15, 0.2) is 0 Å². The van der Waals surface area contributed by atoms with Crippen LogP contribution in [0.5, 0.6) is 11.5 Å². The van der Waals surface area contributed by atoms with E-state index in [1.165, 1.54) is 18.8 Å². The highest BCUT2D eigenvalue weighted by Crippen LogP contribution is 2.45. The number of rotatable bonds is 13. The maximum absolute atomic E-state index is 14.1. The first-order valence-electron chi connectivity index (χ1n) is 12.9. The van der Waals surface area contributed by atoms with Crippen LogP contribution in [-0.4, -0.2) is 58.2 Å². The van der Waals surface area contributed by atoms with Gasteiger partial charge in [0.05, 0.1) is 42.5 Å². The zero-order valence-electron chi connectivity index (χ0n) is 23.2. The number of ether oxygens (including phenoxy) is 2. The number of aromatic nitrogens is 3. The predicted octanol–water partition coefficient (Wildman–Crippen LogP) is 4.90. The van der Waals surface area contributed by atoms with Crippen LogP contribution in [0.4, 0.5) is 11.6 Å². The Labute approximate surface area is 252 Å². The summed E-state index contributed by atoms with van der Waals surface area (Å²) in [5.41, 5.74) is 2.98. The Morgan fingerprint density at radius 2 is 1.81 bits per heavy atom. The van der Waals surface area contributed by atoms with Gasteiger partial charge in [0.1, 0.15) is 17.1 Å². The van der Waals surface area contributed by atoms with Crippen molar-refractivity contribution in [3.63, 3.8) is 0 Å². The summed E-state index contributed by atoms with van der Waals surface area (Å²) in [5, 5.41) is 25.8. The van der Waals surface area contributed by atoms with Crippen molar-refractivity contribution in [3.8, 4) is 22.6 Å². The van der Waals surface area contributed by atoms with E-state index >= 15 is 0 Å². The fourth-order valence-electron chi connectivity index (χ4n) is 4.26. The van der Waals surface area contributed by atoms with Crippen LogP contribution in [0.3, 0.4) is 0 Å². The van der Waals surface area contributed by atoms with Gasteiger partial charge in [-0.2, -0.15) is 4.98 Å². The van der Waals surface area contributed by atoms with Crippen LogP contribution < -0.4 is 25.7 Å². The zero-order valence-corrected chi connectivity index (χ0v) is 24.7. The number of nitrogens with one attached hydrogen (secondary N) is 2. The Kier molecular flexibility index (Phi) is 10.1. The lowest BCUT2D eigenvalue weighted by molar-refractivity contribution is 0.105. The highest BCUT2D eigenvalue weighted by Gasteiger charge is 2.23. The molecule has 4 rings (SSSR count). The molecule has 0 saturated heterocycles. The number of hydrogen-bond acceptors (Lipinski definition) is 9. The molecule has 0 fully saturated rings. The number of aryl methyl sites for hydroxylation is 2. The summed E-state index contributed by atoms with van der Waals surface area (Å²) in [6.45, 7) is 7.43. The summed E-state index contributed by atoms with van der Waals surface area (Å²) in [4.78, 5) is 23.0. The summed E-state index contributed by atoms with van der Waals surface area (Å²) in [7, 11) is 2.92.